The van der Waals surface area contributed by atoms with Crippen molar-refractivity contribution in [3.05, 3.63) is 100 Å². The molecule has 4 aromatic rings. The Morgan fingerprint density at radius 3 is 2.55 bits per heavy atom. The second-order valence-electron chi connectivity index (χ2n) is 7.31. The maximum absolute atomic E-state index is 13.8. The van der Waals surface area contributed by atoms with Crippen LogP contribution in [0.25, 0.3) is 10.9 Å². The fourth-order valence-corrected chi connectivity index (χ4v) is 4.16. The molecule has 0 saturated heterocycles. The highest BCUT2D eigenvalue weighted by molar-refractivity contribution is 7.99. The zero-order valence-electron chi connectivity index (χ0n) is 18.0. The molecular weight excluding hydrogens is 441 g/mol. The second kappa shape index (κ2) is 10.3. The summed E-state index contributed by atoms with van der Waals surface area (Å²) in [5, 5.41) is 3.67. The van der Waals surface area contributed by atoms with Crippen molar-refractivity contribution >= 4 is 28.6 Å². The molecular formula is C25H22FN3O3S. The molecule has 1 heterocycles. The lowest BCUT2D eigenvalue weighted by Crippen LogP contribution is -2.27. The van der Waals surface area contributed by atoms with E-state index in [1.54, 1.807) is 48.1 Å². The first-order valence-corrected chi connectivity index (χ1v) is 11.3. The lowest BCUT2D eigenvalue weighted by Gasteiger charge is -2.14. The van der Waals surface area contributed by atoms with Crippen molar-refractivity contribution in [2.75, 3.05) is 12.9 Å². The Hall–Kier alpha value is -3.65. The fraction of sp³-hybridized carbons (Fsp3) is 0.160. The predicted molar refractivity (Wildman–Crippen MR) is 127 cm³/mol. The Kier molecular flexibility index (Phi) is 7.04. The summed E-state index contributed by atoms with van der Waals surface area (Å²) >= 11 is 1.17. The van der Waals surface area contributed by atoms with E-state index in [1.165, 1.54) is 17.8 Å². The summed E-state index contributed by atoms with van der Waals surface area (Å²) in [6.07, 6.45) is 0. The number of aromatic nitrogens is 2. The zero-order valence-corrected chi connectivity index (χ0v) is 18.8. The van der Waals surface area contributed by atoms with Crippen LogP contribution >= 0.6 is 11.8 Å². The van der Waals surface area contributed by atoms with Crippen molar-refractivity contribution in [2.45, 2.75) is 18.2 Å². The first-order valence-electron chi connectivity index (χ1n) is 10.3. The molecule has 1 aromatic heterocycles. The average molecular weight is 464 g/mol. The first kappa shape index (κ1) is 22.5. The molecule has 1 amide bonds. The maximum Gasteiger partial charge on any atom is 0.262 e. The zero-order chi connectivity index (χ0) is 23.2. The van der Waals surface area contributed by atoms with Crippen LogP contribution in [0, 0.1) is 5.82 Å². The highest BCUT2D eigenvalue weighted by Crippen LogP contribution is 2.20. The Bertz CT molecular complexity index is 1340. The molecule has 0 atom stereocenters. The van der Waals surface area contributed by atoms with Crippen LogP contribution in [0.3, 0.4) is 0 Å². The molecule has 0 radical (unpaired) electrons. The van der Waals surface area contributed by atoms with Gasteiger partial charge in [0.05, 0.1) is 30.3 Å². The Morgan fingerprint density at radius 2 is 1.79 bits per heavy atom. The number of fused-ring (bicyclic) bond motifs is 1. The van der Waals surface area contributed by atoms with Gasteiger partial charge in [-0.25, -0.2) is 9.37 Å². The van der Waals surface area contributed by atoms with Gasteiger partial charge in [0, 0.05) is 12.1 Å². The lowest BCUT2D eigenvalue weighted by atomic mass is 10.2. The van der Waals surface area contributed by atoms with Crippen LogP contribution in [-0.4, -0.2) is 28.3 Å². The highest BCUT2D eigenvalue weighted by atomic mass is 32.2. The number of methoxy groups -OCH3 is 1. The van der Waals surface area contributed by atoms with Gasteiger partial charge in [-0.3, -0.25) is 14.2 Å². The minimum Gasteiger partial charge on any atom is -0.497 e. The van der Waals surface area contributed by atoms with Gasteiger partial charge in [0.1, 0.15) is 11.6 Å². The Morgan fingerprint density at radius 1 is 1.06 bits per heavy atom. The van der Waals surface area contributed by atoms with Gasteiger partial charge in [-0.1, -0.05) is 54.2 Å². The molecule has 6 nitrogen and oxygen atoms in total. The fourth-order valence-electron chi connectivity index (χ4n) is 3.33. The number of benzene rings is 3. The molecule has 0 aliphatic heterocycles. The van der Waals surface area contributed by atoms with Gasteiger partial charge in [-0.15, -0.1) is 0 Å². The maximum atomic E-state index is 13.8. The third-order valence-electron chi connectivity index (χ3n) is 5.09. The molecule has 0 unspecified atom stereocenters. The van der Waals surface area contributed by atoms with E-state index < -0.39 is 0 Å². The van der Waals surface area contributed by atoms with Crippen LogP contribution in [-0.2, 0) is 17.9 Å². The van der Waals surface area contributed by atoms with Crippen molar-refractivity contribution in [1.82, 2.24) is 14.9 Å². The number of carbonyl (C=O) groups is 1. The molecule has 4 rings (SSSR count). The topological polar surface area (TPSA) is 73.2 Å². The van der Waals surface area contributed by atoms with Crippen LogP contribution < -0.4 is 15.6 Å². The number of hydrogen-bond acceptors (Lipinski definition) is 5. The number of halogens is 1. The van der Waals surface area contributed by atoms with E-state index in [1.807, 2.05) is 30.3 Å². The third-order valence-corrected chi connectivity index (χ3v) is 6.07. The number of rotatable bonds is 8. The number of nitrogens with zero attached hydrogens (tertiary/aromatic N) is 2. The van der Waals surface area contributed by atoms with Crippen LogP contribution in [0.15, 0.2) is 82.7 Å². The molecule has 0 aliphatic carbocycles. The highest BCUT2D eigenvalue weighted by Gasteiger charge is 2.14. The monoisotopic (exact) mass is 463 g/mol. The summed E-state index contributed by atoms with van der Waals surface area (Å²) in [6.45, 7) is 0.399. The van der Waals surface area contributed by atoms with E-state index >= 15 is 0 Å². The third kappa shape index (κ3) is 5.40. The molecule has 0 fully saturated rings. The summed E-state index contributed by atoms with van der Waals surface area (Å²) in [5.41, 5.74) is 1.71. The minimum atomic E-state index is -0.366. The number of para-hydroxylation sites is 1. The first-order chi connectivity index (χ1) is 16.0. The molecule has 0 aliphatic rings. The molecule has 33 heavy (non-hydrogen) atoms. The lowest BCUT2D eigenvalue weighted by molar-refractivity contribution is -0.118. The summed E-state index contributed by atoms with van der Waals surface area (Å²) in [5.74, 6) is 0.127. The van der Waals surface area contributed by atoms with E-state index in [2.05, 4.69) is 10.3 Å². The Labute approximate surface area is 194 Å². The van der Waals surface area contributed by atoms with Gasteiger partial charge < -0.3 is 10.1 Å². The van der Waals surface area contributed by atoms with Gasteiger partial charge in [-0.05, 0) is 35.9 Å². The average Bonchev–Trinajstić information content (AvgIpc) is 2.84. The van der Waals surface area contributed by atoms with Crippen LogP contribution in [0.2, 0.25) is 0 Å². The van der Waals surface area contributed by atoms with Crippen molar-refractivity contribution < 1.29 is 13.9 Å². The smallest absolute Gasteiger partial charge is 0.262 e. The molecule has 0 spiro atoms. The number of carbonyl (C=O) groups excluding carboxylic acids is 1. The van der Waals surface area contributed by atoms with Gasteiger partial charge in [0.2, 0.25) is 5.91 Å². The minimum absolute atomic E-state index is 0.0435. The van der Waals surface area contributed by atoms with Crippen LogP contribution in [0.5, 0.6) is 5.75 Å². The molecule has 3 aromatic carbocycles. The molecule has 1 N–H and O–H groups in total. The summed E-state index contributed by atoms with van der Waals surface area (Å²) in [7, 11) is 1.60. The van der Waals surface area contributed by atoms with Crippen LogP contribution in [0.1, 0.15) is 11.1 Å². The van der Waals surface area contributed by atoms with E-state index in [9.17, 15) is 14.0 Å². The second-order valence-corrected chi connectivity index (χ2v) is 8.25. The van der Waals surface area contributed by atoms with Crippen molar-refractivity contribution in [1.29, 1.82) is 0 Å². The van der Waals surface area contributed by atoms with Crippen molar-refractivity contribution in [3.63, 3.8) is 0 Å². The van der Waals surface area contributed by atoms with Crippen LogP contribution in [0.4, 0.5) is 4.39 Å². The SMILES string of the molecule is COc1ccc(Cn2c(SCC(=O)NCc3ccccc3F)nc3ccccc3c2=O)cc1. The number of amides is 1. The normalized spacial score (nSPS) is 10.8. The van der Waals surface area contributed by atoms with Gasteiger partial charge in [-0.2, -0.15) is 0 Å². The van der Waals surface area contributed by atoms with Gasteiger partial charge in [0.15, 0.2) is 5.16 Å². The number of thioether (sulfide) groups is 1. The van der Waals surface area contributed by atoms with E-state index in [0.29, 0.717) is 28.2 Å². The number of hydrogen-bond donors (Lipinski definition) is 1. The molecule has 0 saturated carbocycles. The van der Waals surface area contributed by atoms with E-state index in [0.717, 1.165) is 11.3 Å². The van der Waals surface area contributed by atoms with Gasteiger partial charge in [0.25, 0.3) is 5.56 Å². The predicted octanol–water partition coefficient (Wildman–Crippen LogP) is 4.00. The Balaban J connectivity index is 1.55. The number of nitrogens with one attached hydrogen (secondary N) is 1. The molecule has 8 heteroatoms. The van der Waals surface area contributed by atoms with Gasteiger partial charge >= 0.3 is 0 Å². The molecule has 0 bridgehead atoms. The summed E-state index contributed by atoms with van der Waals surface area (Å²) < 4.78 is 20.5. The van der Waals surface area contributed by atoms with E-state index in [-0.39, 0.29) is 29.6 Å². The van der Waals surface area contributed by atoms with Crippen molar-refractivity contribution in [2.24, 2.45) is 0 Å². The quantitative estimate of drug-likeness (QED) is 0.316. The number of ether oxygens (including phenoxy) is 1. The summed E-state index contributed by atoms with van der Waals surface area (Å²) in [6, 6.07) is 20.9. The van der Waals surface area contributed by atoms with E-state index in [4.69, 9.17) is 4.74 Å². The largest absolute Gasteiger partial charge is 0.497 e. The standard InChI is InChI=1S/C25H22FN3O3S/c1-32-19-12-10-17(11-13-19)15-29-24(31)20-7-3-5-9-22(20)28-25(29)33-16-23(30)27-14-18-6-2-4-8-21(18)26/h2-13H,14-16H2,1H3,(H,27,30). The molecule has 168 valence electrons. The summed E-state index contributed by atoms with van der Waals surface area (Å²) in [4.78, 5) is 30.3. The van der Waals surface area contributed by atoms with Crippen molar-refractivity contribution in [3.8, 4) is 5.75 Å².